The minimum Gasteiger partial charge on any atom is -0.207 e. The topological polar surface area (TPSA) is 37.4 Å². The summed E-state index contributed by atoms with van der Waals surface area (Å²) in [6.45, 7) is 2.36. The minimum absolute atomic E-state index is 0.182. The molecule has 0 radical (unpaired) electrons. The second-order valence-corrected chi connectivity index (χ2v) is 7.83. The molecule has 2 aromatic carbocycles. The van der Waals surface area contributed by atoms with Gasteiger partial charge >= 0.3 is 0 Å². The first-order valence-electron chi connectivity index (χ1n) is 7.34. The van der Waals surface area contributed by atoms with Crippen LogP contribution in [0.2, 0.25) is 5.02 Å². The van der Waals surface area contributed by atoms with E-state index in [-0.39, 0.29) is 6.04 Å². The smallest absolute Gasteiger partial charge is 0.207 e. The predicted molar refractivity (Wildman–Crippen MR) is 88.5 cm³/mol. The van der Waals surface area contributed by atoms with E-state index in [1.54, 1.807) is 16.4 Å². The molecule has 22 heavy (non-hydrogen) atoms. The van der Waals surface area contributed by atoms with Crippen molar-refractivity contribution >= 4 is 21.6 Å². The molecule has 1 fully saturated rings. The van der Waals surface area contributed by atoms with Crippen molar-refractivity contribution in [2.45, 2.75) is 30.7 Å². The molecule has 1 aliphatic rings. The standard InChI is InChI=1S/C17H18ClNO2S/c1-13-7-2-5-11-17(13)22(20,21)19-12-6-10-16(19)14-8-3-4-9-15(14)18/h2-5,7-9,11,16H,6,10,12H2,1H3/t16-/m0/s1. The van der Waals surface area contributed by atoms with E-state index in [0.717, 1.165) is 24.0 Å². The molecule has 116 valence electrons. The van der Waals surface area contributed by atoms with Crippen LogP contribution in [0, 0.1) is 6.92 Å². The SMILES string of the molecule is Cc1ccccc1S(=O)(=O)N1CCC[C@H]1c1ccccc1Cl. The molecule has 0 amide bonds. The molecule has 0 saturated carbocycles. The van der Waals surface area contributed by atoms with Crippen LogP contribution in [0.25, 0.3) is 0 Å². The molecule has 0 aliphatic carbocycles. The van der Waals surface area contributed by atoms with E-state index >= 15 is 0 Å². The average Bonchev–Trinajstić information content (AvgIpc) is 2.98. The highest BCUT2D eigenvalue weighted by Crippen LogP contribution is 2.39. The molecule has 1 heterocycles. The van der Waals surface area contributed by atoms with E-state index in [1.807, 2.05) is 43.3 Å². The number of rotatable bonds is 3. The highest BCUT2D eigenvalue weighted by molar-refractivity contribution is 7.89. The van der Waals surface area contributed by atoms with Crippen LogP contribution >= 0.6 is 11.6 Å². The third-order valence-corrected chi connectivity index (χ3v) is 6.56. The molecule has 2 aromatic rings. The molecule has 0 bridgehead atoms. The van der Waals surface area contributed by atoms with Crippen molar-refractivity contribution in [3.63, 3.8) is 0 Å². The van der Waals surface area contributed by atoms with Crippen LogP contribution in [-0.4, -0.2) is 19.3 Å². The van der Waals surface area contributed by atoms with E-state index in [0.29, 0.717) is 16.5 Å². The summed E-state index contributed by atoms with van der Waals surface area (Å²) in [5.41, 5.74) is 1.66. The van der Waals surface area contributed by atoms with Crippen molar-refractivity contribution in [1.82, 2.24) is 4.31 Å². The zero-order chi connectivity index (χ0) is 15.7. The third-order valence-electron chi connectivity index (χ3n) is 4.15. The summed E-state index contributed by atoms with van der Waals surface area (Å²) in [6.07, 6.45) is 1.65. The first-order chi connectivity index (χ1) is 10.5. The van der Waals surface area contributed by atoms with E-state index in [4.69, 9.17) is 11.6 Å². The summed E-state index contributed by atoms with van der Waals surface area (Å²) < 4.78 is 27.7. The Bertz CT molecular complexity index is 789. The second-order valence-electron chi connectivity index (χ2n) is 5.56. The summed E-state index contributed by atoms with van der Waals surface area (Å²) >= 11 is 6.28. The van der Waals surface area contributed by atoms with Gasteiger partial charge in [0.2, 0.25) is 10.0 Å². The molecule has 1 saturated heterocycles. The van der Waals surface area contributed by atoms with Crippen molar-refractivity contribution in [2.75, 3.05) is 6.54 Å². The van der Waals surface area contributed by atoms with Gasteiger partial charge in [-0.15, -0.1) is 0 Å². The maximum Gasteiger partial charge on any atom is 0.243 e. The highest BCUT2D eigenvalue weighted by Gasteiger charge is 2.37. The molecule has 3 rings (SSSR count). The van der Waals surface area contributed by atoms with Crippen LogP contribution in [0.3, 0.4) is 0 Å². The number of halogens is 1. The van der Waals surface area contributed by atoms with Crippen LogP contribution in [0.1, 0.15) is 30.0 Å². The second kappa shape index (κ2) is 6.03. The largest absolute Gasteiger partial charge is 0.243 e. The maximum atomic E-state index is 13.0. The number of hydrogen-bond acceptors (Lipinski definition) is 2. The van der Waals surface area contributed by atoms with Gasteiger partial charge in [0.25, 0.3) is 0 Å². The molecule has 5 heteroatoms. The first kappa shape index (κ1) is 15.5. The zero-order valence-electron chi connectivity index (χ0n) is 12.4. The van der Waals surface area contributed by atoms with E-state index in [9.17, 15) is 8.42 Å². The van der Waals surface area contributed by atoms with Gasteiger partial charge in [-0.25, -0.2) is 8.42 Å². The van der Waals surface area contributed by atoms with Gasteiger partial charge in [0, 0.05) is 11.6 Å². The molecular weight excluding hydrogens is 318 g/mol. The molecule has 0 unspecified atom stereocenters. The van der Waals surface area contributed by atoms with Crippen LogP contribution < -0.4 is 0 Å². The Kier molecular flexibility index (Phi) is 4.26. The van der Waals surface area contributed by atoms with Crippen molar-refractivity contribution in [2.24, 2.45) is 0 Å². The minimum atomic E-state index is -3.51. The lowest BCUT2D eigenvalue weighted by Crippen LogP contribution is -2.31. The zero-order valence-corrected chi connectivity index (χ0v) is 13.9. The third kappa shape index (κ3) is 2.67. The van der Waals surface area contributed by atoms with Crippen molar-refractivity contribution in [3.05, 3.63) is 64.7 Å². The quantitative estimate of drug-likeness (QED) is 0.844. The highest BCUT2D eigenvalue weighted by atomic mass is 35.5. The number of hydrogen-bond donors (Lipinski definition) is 0. The van der Waals surface area contributed by atoms with Crippen molar-refractivity contribution < 1.29 is 8.42 Å². The fourth-order valence-corrected chi connectivity index (χ4v) is 5.22. The Morgan fingerprint density at radius 1 is 1.09 bits per heavy atom. The molecule has 0 aromatic heterocycles. The number of benzene rings is 2. The normalized spacial score (nSPS) is 19.5. The predicted octanol–water partition coefficient (Wildman–Crippen LogP) is 4.17. The molecule has 1 atom stereocenters. The summed E-state index contributed by atoms with van der Waals surface area (Å²) in [7, 11) is -3.51. The van der Waals surface area contributed by atoms with Gasteiger partial charge in [0.15, 0.2) is 0 Å². The molecule has 1 aliphatic heterocycles. The lowest BCUT2D eigenvalue weighted by Gasteiger charge is -2.25. The summed E-state index contributed by atoms with van der Waals surface area (Å²) in [5, 5.41) is 0.624. The van der Waals surface area contributed by atoms with Crippen molar-refractivity contribution in [3.8, 4) is 0 Å². The van der Waals surface area contributed by atoms with Gasteiger partial charge in [0.1, 0.15) is 0 Å². The van der Waals surface area contributed by atoms with Crippen LogP contribution in [0.4, 0.5) is 0 Å². The van der Waals surface area contributed by atoms with Gasteiger partial charge in [-0.1, -0.05) is 48.0 Å². The molecule has 0 spiro atoms. The maximum absolute atomic E-state index is 13.0. The Labute approximate surface area is 136 Å². The van der Waals surface area contributed by atoms with E-state index < -0.39 is 10.0 Å². The summed E-state index contributed by atoms with van der Waals surface area (Å²) in [5.74, 6) is 0. The fraction of sp³-hybridized carbons (Fsp3) is 0.294. The molecular formula is C17H18ClNO2S. The van der Waals surface area contributed by atoms with Gasteiger partial charge in [-0.2, -0.15) is 4.31 Å². The lowest BCUT2D eigenvalue weighted by atomic mass is 10.1. The van der Waals surface area contributed by atoms with Gasteiger partial charge < -0.3 is 0 Å². The molecule has 0 N–H and O–H groups in total. The summed E-state index contributed by atoms with van der Waals surface area (Å²) in [6, 6.07) is 14.4. The van der Waals surface area contributed by atoms with Gasteiger partial charge in [-0.05, 0) is 43.0 Å². The van der Waals surface area contributed by atoms with Crippen LogP contribution in [-0.2, 0) is 10.0 Å². The van der Waals surface area contributed by atoms with E-state index in [2.05, 4.69) is 0 Å². The Morgan fingerprint density at radius 2 is 1.77 bits per heavy atom. The summed E-state index contributed by atoms with van der Waals surface area (Å²) in [4.78, 5) is 0.383. The van der Waals surface area contributed by atoms with Crippen LogP contribution in [0.15, 0.2) is 53.4 Å². The van der Waals surface area contributed by atoms with Gasteiger partial charge in [-0.3, -0.25) is 0 Å². The average molecular weight is 336 g/mol. The van der Waals surface area contributed by atoms with Crippen molar-refractivity contribution in [1.29, 1.82) is 0 Å². The number of nitrogens with zero attached hydrogens (tertiary/aromatic N) is 1. The number of aryl methyl sites for hydroxylation is 1. The Balaban J connectivity index is 2.04. The fourth-order valence-electron chi connectivity index (χ4n) is 3.06. The van der Waals surface area contributed by atoms with Gasteiger partial charge in [0.05, 0.1) is 10.9 Å². The molecule has 3 nitrogen and oxygen atoms in total. The Hall–Kier alpha value is -1.36. The Morgan fingerprint density at radius 3 is 2.50 bits per heavy atom. The lowest BCUT2D eigenvalue weighted by molar-refractivity contribution is 0.396. The monoisotopic (exact) mass is 335 g/mol. The number of sulfonamides is 1. The van der Waals surface area contributed by atoms with Crippen LogP contribution in [0.5, 0.6) is 0 Å². The first-order valence-corrected chi connectivity index (χ1v) is 9.15. The van der Waals surface area contributed by atoms with E-state index in [1.165, 1.54) is 0 Å².